The van der Waals surface area contributed by atoms with E-state index in [1.54, 1.807) is 0 Å². The van der Waals surface area contributed by atoms with Crippen molar-refractivity contribution in [3.63, 3.8) is 0 Å². The molecule has 1 aromatic rings. The molecule has 1 aromatic heterocycles. The van der Waals surface area contributed by atoms with Crippen molar-refractivity contribution in [3.8, 4) is 0 Å². The van der Waals surface area contributed by atoms with E-state index in [9.17, 15) is 9.59 Å². The van der Waals surface area contributed by atoms with Crippen LogP contribution in [0.5, 0.6) is 0 Å². The third-order valence-corrected chi connectivity index (χ3v) is 5.23. The summed E-state index contributed by atoms with van der Waals surface area (Å²) in [6.45, 7) is 3.68. The largest absolute Gasteiger partial charge is 0.356 e. The van der Waals surface area contributed by atoms with Crippen molar-refractivity contribution in [2.24, 2.45) is 17.8 Å². The molecule has 0 spiro atoms. The lowest BCUT2D eigenvalue weighted by molar-refractivity contribution is -0.132. The standard InChI is InChI=1S/C17H25N3O2/c1-12-18-7-9-20(12)8-3-2-6-19-17(22)15-10-13-4-5-14(11-15)16(13)21/h7,9,13-15H,2-6,8,10-11H2,1H3,(H,19,22). The van der Waals surface area contributed by atoms with Crippen LogP contribution in [-0.2, 0) is 16.1 Å². The molecule has 2 fully saturated rings. The number of nitrogens with zero attached hydrogens (tertiary/aromatic N) is 2. The fraction of sp³-hybridized carbons (Fsp3) is 0.706. The Morgan fingerprint density at radius 2 is 2.05 bits per heavy atom. The molecule has 22 heavy (non-hydrogen) atoms. The molecule has 1 amide bonds. The topological polar surface area (TPSA) is 64.0 Å². The van der Waals surface area contributed by atoms with Gasteiger partial charge in [-0.1, -0.05) is 0 Å². The molecule has 0 aromatic carbocycles. The lowest BCUT2D eigenvalue weighted by atomic mass is 9.79. The van der Waals surface area contributed by atoms with Gasteiger partial charge < -0.3 is 9.88 Å². The molecule has 120 valence electrons. The second-order valence-electron chi connectivity index (χ2n) is 6.71. The number of Topliss-reactive ketones (excluding diaryl/α,β-unsaturated/α-hetero) is 1. The first-order valence-electron chi connectivity index (χ1n) is 8.44. The average Bonchev–Trinajstić information content (AvgIpc) is 2.97. The molecule has 2 saturated carbocycles. The van der Waals surface area contributed by atoms with Crippen LogP contribution in [0.3, 0.4) is 0 Å². The summed E-state index contributed by atoms with van der Waals surface area (Å²) in [6, 6.07) is 0. The van der Waals surface area contributed by atoms with Crippen molar-refractivity contribution in [1.29, 1.82) is 0 Å². The molecule has 3 rings (SSSR count). The number of imidazole rings is 1. The van der Waals surface area contributed by atoms with E-state index in [1.165, 1.54) is 0 Å². The molecule has 1 heterocycles. The van der Waals surface area contributed by atoms with Gasteiger partial charge >= 0.3 is 0 Å². The number of amides is 1. The normalized spacial score (nSPS) is 27.1. The van der Waals surface area contributed by atoms with Crippen LogP contribution in [0.1, 0.15) is 44.3 Å². The maximum absolute atomic E-state index is 12.2. The van der Waals surface area contributed by atoms with E-state index in [-0.39, 0.29) is 23.7 Å². The lowest BCUT2D eigenvalue weighted by Gasteiger charge is -2.25. The number of aromatic nitrogens is 2. The first kappa shape index (κ1) is 15.3. The van der Waals surface area contributed by atoms with E-state index in [0.717, 1.165) is 57.4 Å². The van der Waals surface area contributed by atoms with Gasteiger partial charge in [-0.2, -0.15) is 0 Å². The van der Waals surface area contributed by atoms with Crippen LogP contribution >= 0.6 is 0 Å². The van der Waals surface area contributed by atoms with Crippen LogP contribution in [0.15, 0.2) is 12.4 Å². The van der Waals surface area contributed by atoms with E-state index >= 15 is 0 Å². The summed E-state index contributed by atoms with van der Waals surface area (Å²) in [4.78, 5) is 28.3. The van der Waals surface area contributed by atoms with E-state index < -0.39 is 0 Å². The van der Waals surface area contributed by atoms with Crippen molar-refractivity contribution in [2.75, 3.05) is 6.54 Å². The molecule has 0 radical (unpaired) electrons. The Bertz CT molecular complexity index is 536. The number of carbonyl (C=O) groups excluding carboxylic acids is 2. The Kier molecular flexibility index (Phi) is 4.60. The Labute approximate surface area is 131 Å². The molecule has 2 bridgehead atoms. The summed E-state index contributed by atoms with van der Waals surface area (Å²) in [5.41, 5.74) is 0. The molecule has 5 nitrogen and oxygen atoms in total. The predicted molar refractivity (Wildman–Crippen MR) is 83.2 cm³/mol. The number of carbonyl (C=O) groups is 2. The quantitative estimate of drug-likeness (QED) is 0.819. The van der Waals surface area contributed by atoms with Crippen LogP contribution in [0.25, 0.3) is 0 Å². The number of ketones is 1. The highest BCUT2D eigenvalue weighted by Gasteiger charge is 2.43. The molecule has 1 N–H and O–H groups in total. The third-order valence-electron chi connectivity index (χ3n) is 5.23. The van der Waals surface area contributed by atoms with Crippen LogP contribution in [-0.4, -0.2) is 27.8 Å². The molecule has 2 aliphatic rings. The monoisotopic (exact) mass is 303 g/mol. The summed E-state index contributed by atoms with van der Waals surface area (Å²) in [7, 11) is 0. The number of aryl methyl sites for hydroxylation is 2. The smallest absolute Gasteiger partial charge is 0.223 e. The number of hydrogen-bond acceptors (Lipinski definition) is 3. The van der Waals surface area contributed by atoms with Gasteiger partial charge in [0, 0.05) is 43.2 Å². The number of unbranched alkanes of at least 4 members (excludes halogenated alkanes) is 1. The molecule has 2 aliphatic carbocycles. The highest BCUT2D eigenvalue weighted by atomic mass is 16.2. The fourth-order valence-electron chi connectivity index (χ4n) is 3.89. The minimum Gasteiger partial charge on any atom is -0.356 e. The zero-order valence-electron chi connectivity index (χ0n) is 13.3. The molecule has 2 unspecified atom stereocenters. The Balaban J connectivity index is 1.35. The van der Waals surface area contributed by atoms with Gasteiger partial charge in [-0.05, 0) is 45.4 Å². The summed E-state index contributed by atoms with van der Waals surface area (Å²) >= 11 is 0. The summed E-state index contributed by atoms with van der Waals surface area (Å²) < 4.78 is 2.13. The minimum atomic E-state index is 0.0612. The van der Waals surface area contributed by atoms with Gasteiger partial charge in [-0.3, -0.25) is 9.59 Å². The maximum Gasteiger partial charge on any atom is 0.223 e. The van der Waals surface area contributed by atoms with Gasteiger partial charge in [0.1, 0.15) is 11.6 Å². The van der Waals surface area contributed by atoms with Crippen molar-refractivity contribution in [3.05, 3.63) is 18.2 Å². The summed E-state index contributed by atoms with van der Waals surface area (Å²) in [6.07, 6.45) is 9.35. The van der Waals surface area contributed by atoms with Gasteiger partial charge in [-0.15, -0.1) is 0 Å². The van der Waals surface area contributed by atoms with Gasteiger partial charge in [0.25, 0.3) is 0 Å². The highest BCUT2D eigenvalue weighted by Crippen LogP contribution is 2.41. The zero-order chi connectivity index (χ0) is 15.5. The Hall–Kier alpha value is -1.65. The van der Waals surface area contributed by atoms with Crippen molar-refractivity contribution < 1.29 is 9.59 Å². The summed E-state index contributed by atoms with van der Waals surface area (Å²) in [5.74, 6) is 2.00. The van der Waals surface area contributed by atoms with E-state index in [4.69, 9.17) is 0 Å². The number of nitrogens with one attached hydrogen (secondary N) is 1. The SMILES string of the molecule is Cc1nccn1CCCCNC(=O)C1CC2CCC(C1)C2=O. The highest BCUT2D eigenvalue weighted by molar-refractivity contribution is 5.89. The van der Waals surface area contributed by atoms with Gasteiger partial charge in [0.2, 0.25) is 5.91 Å². The van der Waals surface area contributed by atoms with Gasteiger partial charge in [0.15, 0.2) is 0 Å². The molecule has 0 saturated heterocycles. The molecule has 2 atom stereocenters. The zero-order valence-corrected chi connectivity index (χ0v) is 13.3. The van der Waals surface area contributed by atoms with Gasteiger partial charge in [-0.25, -0.2) is 4.98 Å². The number of hydrogen-bond donors (Lipinski definition) is 1. The Morgan fingerprint density at radius 1 is 1.32 bits per heavy atom. The molecular formula is C17H25N3O2. The first-order chi connectivity index (χ1) is 10.6. The van der Waals surface area contributed by atoms with E-state index in [0.29, 0.717) is 5.78 Å². The number of rotatable bonds is 6. The average molecular weight is 303 g/mol. The van der Waals surface area contributed by atoms with Crippen LogP contribution in [0, 0.1) is 24.7 Å². The van der Waals surface area contributed by atoms with Crippen molar-refractivity contribution in [2.45, 2.75) is 52.0 Å². The van der Waals surface area contributed by atoms with E-state index in [1.807, 2.05) is 19.3 Å². The maximum atomic E-state index is 12.2. The summed E-state index contributed by atoms with van der Waals surface area (Å²) in [5, 5.41) is 3.06. The van der Waals surface area contributed by atoms with Crippen LogP contribution in [0.4, 0.5) is 0 Å². The lowest BCUT2D eigenvalue weighted by Crippen LogP contribution is -2.37. The van der Waals surface area contributed by atoms with Crippen LogP contribution < -0.4 is 5.32 Å². The van der Waals surface area contributed by atoms with Gasteiger partial charge in [0.05, 0.1) is 0 Å². The first-order valence-corrected chi connectivity index (χ1v) is 8.44. The second kappa shape index (κ2) is 6.63. The molecular weight excluding hydrogens is 278 g/mol. The predicted octanol–water partition coefficient (Wildman–Crippen LogP) is 2.09. The minimum absolute atomic E-state index is 0.0612. The number of fused-ring (bicyclic) bond motifs is 2. The fourth-order valence-corrected chi connectivity index (χ4v) is 3.89. The second-order valence-corrected chi connectivity index (χ2v) is 6.71. The van der Waals surface area contributed by atoms with Crippen LogP contribution in [0.2, 0.25) is 0 Å². The third kappa shape index (κ3) is 3.23. The van der Waals surface area contributed by atoms with Crippen molar-refractivity contribution >= 4 is 11.7 Å². The van der Waals surface area contributed by atoms with E-state index in [2.05, 4.69) is 14.9 Å². The Morgan fingerprint density at radius 3 is 2.68 bits per heavy atom. The molecule has 5 heteroatoms. The van der Waals surface area contributed by atoms with Crippen molar-refractivity contribution in [1.82, 2.24) is 14.9 Å². The molecule has 0 aliphatic heterocycles.